The number of hydrogen-bond acceptors (Lipinski definition) is 6. The normalized spacial score (nSPS) is 30.8. The summed E-state index contributed by atoms with van der Waals surface area (Å²) < 4.78 is 0.981. The van der Waals surface area contributed by atoms with E-state index in [1.165, 1.54) is 16.2 Å². The first-order valence-corrected chi connectivity index (χ1v) is 15.2. The summed E-state index contributed by atoms with van der Waals surface area (Å²) in [6.45, 7) is 1.70. The molecule has 2 aliphatic heterocycles. The summed E-state index contributed by atoms with van der Waals surface area (Å²) in [7, 11) is 0. The molecule has 0 spiro atoms. The number of carbonyl (C=O) groups excluding carboxylic acids is 3. The smallest absolute Gasteiger partial charge is 0.305 e. The zero-order chi connectivity index (χ0) is 26.3. The van der Waals surface area contributed by atoms with Crippen LogP contribution in [0.5, 0.6) is 0 Å². The molecule has 3 fully saturated rings. The molecule has 4 aliphatic rings. The number of H-pyrrole nitrogens is 1. The number of fused-ring (bicyclic) bond motifs is 9. The van der Waals surface area contributed by atoms with Crippen LogP contribution in [0.25, 0.3) is 0 Å². The van der Waals surface area contributed by atoms with E-state index >= 15 is 0 Å². The zero-order valence-corrected chi connectivity index (χ0v) is 23.6. The number of nitrogens with zero attached hydrogens (tertiary/aromatic N) is 1. The van der Waals surface area contributed by atoms with Crippen molar-refractivity contribution in [1.82, 2.24) is 9.88 Å². The van der Waals surface area contributed by atoms with E-state index < -0.39 is 11.8 Å². The van der Waals surface area contributed by atoms with Gasteiger partial charge in [-0.3, -0.25) is 24.1 Å². The van der Waals surface area contributed by atoms with Gasteiger partial charge in [-0.2, -0.15) is 0 Å². The van der Waals surface area contributed by atoms with Crippen molar-refractivity contribution in [1.29, 1.82) is 0 Å². The van der Waals surface area contributed by atoms with Crippen LogP contribution in [0.2, 0.25) is 0 Å². The largest absolute Gasteiger partial charge is 0.325 e. The Morgan fingerprint density at radius 2 is 1.71 bits per heavy atom. The fourth-order valence-corrected chi connectivity index (χ4v) is 10.4. The molecule has 7 nitrogen and oxygen atoms in total. The van der Waals surface area contributed by atoms with Crippen molar-refractivity contribution < 1.29 is 14.4 Å². The van der Waals surface area contributed by atoms with Crippen molar-refractivity contribution in [3.63, 3.8) is 0 Å². The zero-order valence-electron chi connectivity index (χ0n) is 20.3. The van der Waals surface area contributed by atoms with Crippen LogP contribution >= 0.6 is 39.0 Å². The molecule has 0 radical (unpaired) electrons. The highest BCUT2D eigenvalue weighted by Crippen LogP contribution is 2.68. The lowest BCUT2D eigenvalue weighted by Gasteiger charge is -2.43. The SMILES string of the molecule is Cc1ccc(NC(=O)CN2C(=O)C3C4CC(C3C2=O)C2C4Sc3[nH]c(=O)sc3[C@@H]2c2ccc(Br)cc2)cc1. The van der Waals surface area contributed by atoms with Crippen LogP contribution in [-0.2, 0) is 14.4 Å². The lowest BCUT2D eigenvalue weighted by molar-refractivity contribution is -0.143. The maximum absolute atomic E-state index is 13.7. The quantitative estimate of drug-likeness (QED) is 0.421. The van der Waals surface area contributed by atoms with Gasteiger partial charge in [-0.15, -0.1) is 11.8 Å². The third kappa shape index (κ3) is 3.67. The van der Waals surface area contributed by atoms with E-state index in [-0.39, 0.29) is 58.1 Å². The summed E-state index contributed by atoms with van der Waals surface area (Å²) >= 11 is 6.44. The Bertz CT molecular complexity index is 1530. The average Bonchev–Trinajstić information content (AvgIpc) is 3.62. The number of thioether (sulfide) groups is 1. The average molecular weight is 611 g/mol. The standard InChI is InChI=1S/C28H24BrN3O4S2/c1-12-2-8-15(9-3-12)30-18(33)11-32-26(34)21-16-10-17(22(21)27(32)35)23-20(16)19(13-4-6-14(29)7-5-13)24-25(37-23)31-28(36)38-24/h2-9,16-17,19-23H,10-11H2,1H3,(H,30,33)(H,31,36)/t16?,17?,19-,20?,21?,22?,23?/m1/s1. The van der Waals surface area contributed by atoms with Crippen LogP contribution < -0.4 is 10.2 Å². The topological polar surface area (TPSA) is 99.3 Å². The van der Waals surface area contributed by atoms with Crippen molar-refractivity contribution in [2.45, 2.75) is 29.5 Å². The maximum atomic E-state index is 13.7. The first-order valence-electron chi connectivity index (χ1n) is 12.7. The molecule has 3 heterocycles. The number of amides is 3. The molecule has 10 heteroatoms. The summed E-state index contributed by atoms with van der Waals surface area (Å²) in [5, 5.41) is 3.84. The van der Waals surface area contributed by atoms with E-state index in [0.717, 1.165) is 31.9 Å². The Morgan fingerprint density at radius 3 is 2.42 bits per heavy atom. The Labute approximate surface area is 235 Å². The summed E-state index contributed by atoms with van der Waals surface area (Å²) in [6.07, 6.45) is 0.824. The second-order valence-electron chi connectivity index (χ2n) is 10.7. The number of halogens is 1. The molecular weight excluding hydrogens is 586 g/mol. The number of aryl methyl sites for hydroxylation is 1. The molecule has 2 saturated carbocycles. The van der Waals surface area contributed by atoms with Gasteiger partial charge in [0.05, 0.1) is 16.9 Å². The summed E-state index contributed by atoms with van der Waals surface area (Å²) in [5.41, 5.74) is 2.84. The van der Waals surface area contributed by atoms with Gasteiger partial charge < -0.3 is 10.3 Å². The molecule has 7 atom stereocenters. The van der Waals surface area contributed by atoms with Crippen LogP contribution in [0.4, 0.5) is 5.69 Å². The fourth-order valence-electron chi connectivity index (χ4n) is 7.26. The number of aromatic amines is 1. The van der Waals surface area contributed by atoms with Crippen LogP contribution in [0.15, 0.2) is 62.8 Å². The molecule has 2 N–H and O–H groups in total. The summed E-state index contributed by atoms with van der Waals surface area (Å²) in [6, 6.07) is 15.6. The number of hydrogen-bond donors (Lipinski definition) is 2. The second-order valence-corrected chi connectivity index (χ2v) is 13.8. The second kappa shape index (κ2) is 8.93. The number of thiazole rings is 1. The van der Waals surface area contributed by atoms with Gasteiger partial charge >= 0.3 is 4.87 Å². The molecule has 6 unspecified atom stereocenters. The highest BCUT2D eigenvalue weighted by Gasteiger charge is 2.69. The third-order valence-corrected chi connectivity index (χ3v) is 11.8. The Kier molecular flexibility index (Phi) is 5.72. The van der Waals surface area contributed by atoms with Gasteiger partial charge in [0.25, 0.3) is 0 Å². The summed E-state index contributed by atoms with van der Waals surface area (Å²) in [5.74, 6) is -1.42. The van der Waals surface area contributed by atoms with Crippen molar-refractivity contribution in [3.8, 4) is 0 Å². The Morgan fingerprint density at radius 1 is 1.03 bits per heavy atom. The van der Waals surface area contributed by atoms with Gasteiger partial charge in [0, 0.05) is 26.2 Å². The number of likely N-dealkylation sites (tertiary alicyclic amines) is 1. The highest BCUT2D eigenvalue weighted by atomic mass is 79.9. The molecule has 2 aliphatic carbocycles. The number of rotatable bonds is 4. The maximum Gasteiger partial charge on any atom is 0.305 e. The molecule has 3 amide bonds. The first kappa shape index (κ1) is 24.4. The predicted octanol–water partition coefficient (Wildman–Crippen LogP) is 4.62. The molecule has 2 aromatic carbocycles. The lowest BCUT2D eigenvalue weighted by Crippen LogP contribution is -2.42. The highest BCUT2D eigenvalue weighted by molar-refractivity contribution is 9.10. The molecule has 7 rings (SSSR count). The molecule has 3 aromatic rings. The van der Waals surface area contributed by atoms with Gasteiger partial charge in [0.15, 0.2) is 0 Å². The molecular formula is C28H24BrN3O4S2. The number of carbonyl (C=O) groups is 3. The minimum atomic E-state index is -0.406. The number of aromatic nitrogens is 1. The van der Waals surface area contributed by atoms with Gasteiger partial charge in [-0.1, -0.05) is 57.1 Å². The van der Waals surface area contributed by atoms with Gasteiger partial charge in [-0.25, -0.2) is 0 Å². The minimum absolute atomic E-state index is 0.00830. The van der Waals surface area contributed by atoms with Crippen LogP contribution in [0.3, 0.4) is 0 Å². The van der Waals surface area contributed by atoms with Crippen LogP contribution in [0, 0.1) is 36.5 Å². The van der Waals surface area contributed by atoms with E-state index in [0.29, 0.717) is 5.69 Å². The molecule has 38 heavy (non-hydrogen) atoms. The molecule has 194 valence electrons. The molecule has 1 aromatic heterocycles. The van der Waals surface area contributed by atoms with Crippen molar-refractivity contribution >= 4 is 62.4 Å². The molecule has 2 bridgehead atoms. The van der Waals surface area contributed by atoms with Crippen LogP contribution in [0.1, 0.15) is 28.3 Å². The van der Waals surface area contributed by atoms with Gasteiger partial charge in [-0.05, 0) is 60.9 Å². The lowest BCUT2D eigenvalue weighted by atomic mass is 9.68. The van der Waals surface area contributed by atoms with E-state index in [2.05, 4.69) is 38.4 Å². The number of benzene rings is 2. The van der Waals surface area contributed by atoms with Crippen molar-refractivity contribution in [2.24, 2.45) is 29.6 Å². The summed E-state index contributed by atoms with van der Waals surface area (Å²) in [4.78, 5) is 57.6. The minimum Gasteiger partial charge on any atom is -0.325 e. The van der Waals surface area contributed by atoms with Crippen molar-refractivity contribution in [3.05, 3.63) is 78.7 Å². The van der Waals surface area contributed by atoms with Gasteiger partial charge in [0.2, 0.25) is 17.7 Å². The van der Waals surface area contributed by atoms with Crippen molar-refractivity contribution in [2.75, 3.05) is 11.9 Å². The monoisotopic (exact) mass is 609 g/mol. The van der Waals surface area contributed by atoms with E-state index in [1.807, 2.05) is 43.3 Å². The first-order chi connectivity index (χ1) is 18.3. The molecule has 1 saturated heterocycles. The third-order valence-electron chi connectivity index (χ3n) is 8.68. The van der Waals surface area contributed by atoms with E-state index in [9.17, 15) is 19.2 Å². The predicted molar refractivity (Wildman–Crippen MR) is 149 cm³/mol. The van der Waals surface area contributed by atoms with Gasteiger partial charge in [0.1, 0.15) is 6.54 Å². The Hall–Kier alpha value is -2.69. The number of imide groups is 1. The number of anilines is 1. The Balaban J connectivity index is 1.19. The van der Waals surface area contributed by atoms with E-state index in [1.54, 1.807) is 11.8 Å². The van der Waals surface area contributed by atoms with E-state index in [4.69, 9.17) is 0 Å². The van der Waals surface area contributed by atoms with Crippen LogP contribution in [-0.4, -0.2) is 39.4 Å². The fraction of sp³-hybridized carbons (Fsp3) is 0.357. The number of nitrogens with one attached hydrogen (secondary N) is 2.